The summed E-state index contributed by atoms with van der Waals surface area (Å²) in [6.45, 7) is 0. The van der Waals surface area contributed by atoms with Gasteiger partial charge in [-0.3, -0.25) is 9.59 Å². The van der Waals surface area contributed by atoms with Crippen molar-refractivity contribution in [1.82, 2.24) is 5.43 Å². The van der Waals surface area contributed by atoms with Gasteiger partial charge in [0, 0.05) is 33.5 Å². The molecule has 3 aromatic carbocycles. The van der Waals surface area contributed by atoms with Crippen molar-refractivity contribution in [3.8, 4) is 11.5 Å². The minimum atomic E-state index is -0.428. The van der Waals surface area contributed by atoms with E-state index in [9.17, 15) is 9.59 Å². The Balaban J connectivity index is 1.66. The number of anilines is 1. The Labute approximate surface area is 184 Å². The Morgan fingerprint density at radius 2 is 1.65 bits per heavy atom. The van der Waals surface area contributed by atoms with Gasteiger partial charge in [0.15, 0.2) is 0 Å². The topological polar surface area (TPSA) is 89.0 Å². The number of nitrogens with one attached hydrogen (secondary N) is 2. The molecular formula is C23H20ClN3O4. The molecule has 0 aliphatic carbocycles. The Bertz CT molecular complexity index is 1130. The summed E-state index contributed by atoms with van der Waals surface area (Å²) < 4.78 is 10.4. The SMILES string of the molecule is COc1ccc(/C=N\NC(=O)c2cccc(NC(=O)c3cccc(Cl)c3)c2)c(OC)c1. The summed E-state index contributed by atoms with van der Waals surface area (Å²) in [5.74, 6) is 0.449. The maximum atomic E-state index is 12.4. The Morgan fingerprint density at radius 1 is 0.903 bits per heavy atom. The van der Waals surface area contributed by atoms with E-state index in [4.69, 9.17) is 21.1 Å². The second kappa shape index (κ2) is 10.3. The largest absolute Gasteiger partial charge is 0.497 e. The Morgan fingerprint density at radius 3 is 2.35 bits per heavy atom. The number of rotatable bonds is 7. The molecule has 0 saturated carbocycles. The van der Waals surface area contributed by atoms with Gasteiger partial charge >= 0.3 is 0 Å². The highest BCUT2D eigenvalue weighted by molar-refractivity contribution is 6.31. The molecule has 0 bridgehead atoms. The van der Waals surface area contributed by atoms with Crippen LogP contribution in [0.2, 0.25) is 5.02 Å². The van der Waals surface area contributed by atoms with Gasteiger partial charge in [-0.05, 0) is 48.5 Å². The lowest BCUT2D eigenvalue weighted by Gasteiger charge is -2.08. The molecule has 0 radical (unpaired) electrons. The molecule has 3 aromatic rings. The summed E-state index contributed by atoms with van der Waals surface area (Å²) in [6, 6.07) is 18.4. The molecule has 0 atom stereocenters. The molecule has 7 nitrogen and oxygen atoms in total. The second-order valence-electron chi connectivity index (χ2n) is 6.35. The molecule has 0 heterocycles. The third-order valence-corrected chi connectivity index (χ3v) is 4.51. The monoisotopic (exact) mass is 437 g/mol. The predicted molar refractivity (Wildman–Crippen MR) is 120 cm³/mol. The van der Waals surface area contributed by atoms with E-state index in [1.165, 1.54) is 13.3 Å². The lowest BCUT2D eigenvalue weighted by molar-refractivity contribution is 0.0953. The smallest absolute Gasteiger partial charge is 0.271 e. The van der Waals surface area contributed by atoms with Gasteiger partial charge in [-0.1, -0.05) is 23.7 Å². The van der Waals surface area contributed by atoms with Crippen molar-refractivity contribution < 1.29 is 19.1 Å². The number of halogens is 1. The number of hydrogen-bond acceptors (Lipinski definition) is 5. The molecule has 0 saturated heterocycles. The van der Waals surface area contributed by atoms with E-state index in [0.29, 0.717) is 38.9 Å². The number of hydrazone groups is 1. The van der Waals surface area contributed by atoms with Crippen LogP contribution in [-0.4, -0.2) is 32.2 Å². The molecule has 2 amide bonds. The number of hydrogen-bond donors (Lipinski definition) is 2. The Kier molecular flexibility index (Phi) is 7.24. The van der Waals surface area contributed by atoms with E-state index < -0.39 is 5.91 Å². The number of ether oxygens (including phenoxy) is 2. The molecule has 0 aromatic heterocycles. The highest BCUT2D eigenvalue weighted by atomic mass is 35.5. The first-order valence-electron chi connectivity index (χ1n) is 9.22. The number of amides is 2. The lowest BCUT2D eigenvalue weighted by Crippen LogP contribution is -2.18. The minimum absolute atomic E-state index is 0.329. The number of benzene rings is 3. The van der Waals surface area contributed by atoms with Crippen LogP contribution < -0.4 is 20.2 Å². The second-order valence-corrected chi connectivity index (χ2v) is 6.79. The van der Waals surface area contributed by atoms with Gasteiger partial charge in [-0.2, -0.15) is 5.10 Å². The molecule has 0 unspecified atom stereocenters. The van der Waals surface area contributed by atoms with Gasteiger partial charge in [0.05, 0.1) is 20.4 Å². The summed E-state index contributed by atoms with van der Waals surface area (Å²) in [5, 5.41) is 7.19. The first-order valence-corrected chi connectivity index (χ1v) is 9.60. The number of carbonyl (C=O) groups is 2. The zero-order valence-corrected chi connectivity index (χ0v) is 17.6. The maximum absolute atomic E-state index is 12.4. The molecule has 0 aliphatic rings. The van der Waals surface area contributed by atoms with Crippen LogP contribution in [0, 0.1) is 0 Å². The fourth-order valence-corrected chi connectivity index (χ4v) is 2.91. The van der Waals surface area contributed by atoms with Crippen LogP contribution in [-0.2, 0) is 0 Å². The number of carbonyl (C=O) groups excluding carboxylic acids is 2. The summed E-state index contributed by atoms with van der Waals surface area (Å²) in [7, 11) is 3.10. The van der Waals surface area contributed by atoms with Crippen molar-refractivity contribution in [3.63, 3.8) is 0 Å². The summed E-state index contributed by atoms with van der Waals surface area (Å²) in [6.07, 6.45) is 1.47. The molecule has 2 N–H and O–H groups in total. The van der Waals surface area contributed by atoms with Crippen LogP contribution in [0.3, 0.4) is 0 Å². The highest BCUT2D eigenvalue weighted by Gasteiger charge is 2.10. The quantitative estimate of drug-likeness (QED) is 0.424. The molecule has 0 aliphatic heterocycles. The van der Waals surface area contributed by atoms with Crippen LogP contribution in [0.1, 0.15) is 26.3 Å². The zero-order valence-electron chi connectivity index (χ0n) is 16.9. The molecule has 158 valence electrons. The number of nitrogens with zero attached hydrogens (tertiary/aromatic N) is 1. The van der Waals surface area contributed by atoms with Gasteiger partial charge in [0.2, 0.25) is 0 Å². The van der Waals surface area contributed by atoms with Gasteiger partial charge in [0.1, 0.15) is 11.5 Å². The number of methoxy groups -OCH3 is 2. The fourth-order valence-electron chi connectivity index (χ4n) is 2.72. The average molecular weight is 438 g/mol. The van der Waals surface area contributed by atoms with Crippen molar-refractivity contribution in [3.05, 3.63) is 88.4 Å². The highest BCUT2D eigenvalue weighted by Crippen LogP contribution is 2.23. The first-order chi connectivity index (χ1) is 15.0. The Hall–Kier alpha value is -3.84. The van der Waals surface area contributed by atoms with E-state index in [0.717, 1.165) is 0 Å². The average Bonchev–Trinajstić information content (AvgIpc) is 2.79. The van der Waals surface area contributed by atoms with Crippen LogP contribution >= 0.6 is 11.6 Å². The maximum Gasteiger partial charge on any atom is 0.271 e. The normalized spacial score (nSPS) is 10.5. The van der Waals surface area contributed by atoms with Gasteiger partial charge in [-0.15, -0.1) is 0 Å². The van der Waals surface area contributed by atoms with E-state index in [1.807, 2.05) is 0 Å². The summed E-state index contributed by atoms with van der Waals surface area (Å²) >= 11 is 5.93. The van der Waals surface area contributed by atoms with Crippen molar-refractivity contribution in [2.24, 2.45) is 5.10 Å². The summed E-state index contributed by atoms with van der Waals surface area (Å²) in [5.41, 5.74) is 4.36. The third-order valence-electron chi connectivity index (χ3n) is 4.28. The lowest BCUT2D eigenvalue weighted by atomic mass is 10.1. The van der Waals surface area contributed by atoms with E-state index >= 15 is 0 Å². The van der Waals surface area contributed by atoms with E-state index in [2.05, 4.69) is 15.8 Å². The zero-order chi connectivity index (χ0) is 22.2. The van der Waals surface area contributed by atoms with Crippen LogP contribution in [0.25, 0.3) is 0 Å². The predicted octanol–water partition coefficient (Wildman–Crippen LogP) is 4.37. The van der Waals surface area contributed by atoms with Crippen molar-refractivity contribution in [2.45, 2.75) is 0 Å². The van der Waals surface area contributed by atoms with E-state index in [-0.39, 0.29) is 5.91 Å². The van der Waals surface area contributed by atoms with Gasteiger partial charge < -0.3 is 14.8 Å². The first kappa shape index (κ1) is 21.9. The molecular weight excluding hydrogens is 418 g/mol. The minimum Gasteiger partial charge on any atom is -0.497 e. The van der Waals surface area contributed by atoms with E-state index in [1.54, 1.807) is 73.8 Å². The molecule has 0 fully saturated rings. The van der Waals surface area contributed by atoms with Crippen molar-refractivity contribution in [2.75, 3.05) is 19.5 Å². The molecule has 0 spiro atoms. The van der Waals surface area contributed by atoms with Crippen LogP contribution in [0.15, 0.2) is 71.8 Å². The van der Waals surface area contributed by atoms with Crippen LogP contribution in [0.4, 0.5) is 5.69 Å². The fraction of sp³-hybridized carbons (Fsp3) is 0.0870. The van der Waals surface area contributed by atoms with Crippen molar-refractivity contribution in [1.29, 1.82) is 0 Å². The molecule has 3 rings (SSSR count). The molecule has 8 heteroatoms. The van der Waals surface area contributed by atoms with Gasteiger partial charge in [-0.25, -0.2) is 5.43 Å². The van der Waals surface area contributed by atoms with Gasteiger partial charge in [0.25, 0.3) is 11.8 Å². The standard InChI is InChI=1S/C23H20ClN3O4/c1-30-20-10-9-17(21(13-20)31-2)14-25-27-23(29)16-6-4-8-19(12-16)26-22(28)15-5-3-7-18(24)11-15/h3-14H,1-2H3,(H,26,28)(H,27,29)/b25-14-. The molecule has 31 heavy (non-hydrogen) atoms. The summed E-state index contributed by atoms with van der Waals surface area (Å²) in [4.78, 5) is 24.8. The van der Waals surface area contributed by atoms with Crippen molar-refractivity contribution >= 4 is 35.3 Å². The third kappa shape index (κ3) is 5.83. The van der Waals surface area contributed by atoms with Crippen LogP contribution in [0.5, 0.6) is 11.5 Å².